The van der Waals surface area contributed by atoms with Crippen LogP contribution in [0, 0.1) is 0 Å². The molecule has 0 bridgehead atoms. The number of pyridine rings is 1. The largest absolute Gasteiger partial charge is 0.368 e. The normalized spacial score (nSPS) is 16.2. The lowest BCUT2D eigenvalue weighted by atomic mass is 10.0. The molecular weight excluding hydrogens is 811 g/mol. The topological polar surface area (TPSA) is 168 Å². The first kappa shape index (κ1) is 44.6. The molecule has 0 amide bonds. The van der Waals surface area contributed by atoms with Crippen molar-refractivity contribution in [2.24, 2.45) is 0 Å². The summed E-state index contributed by atoms with van der Waals surface area (Å²) in [6.07, 6.45) is 30.2. The minimum Gasteiger partial charge on any atom is -0.368 e. The smallest absolute Gasteiger partial charge is 0.165 e. The Hall–Kier alpha value is -5.60. The van der Waals surface area contributed by atoms with Crippen molar-refractivity contribution < 1.29 is 0 Å². The van der Waals surface area contributed by atoms with Gasteiger partial charge in [-0.1, -0.05) is 59.8 Å². The summed E-state index contributed by atoms with van der Waals surface area (Å²) < 4.78 is 6.43. The average Bonchev–Trinajstić information content (AvgIpc) is 4.31. The van der Waals surface area contributed by atoms with Gasteiger partial charge in [-0.25, -0.2) is 44.9 Å². The van der Waals surface area contributed by atoms with E-state index in [0.717, 1.165) is 109 Å². The van der Waals surface area contributed by atoms with Gasteiger partial charge in [0, 0.05) is 68.8 Å². The number of rotatable bonds is 19. The maximum absolute atomic E-state index is 4.87. The fourth-order valence-corrected chi connectivity index (χ4v) is 8.87. The van der Waals surface area contributed by atoms with Gasteiger partial charge in [0.15, 0.2) is 40.5 Å². The molecule has 344 valence electrons. The summed E-state index contributed by atoms with van der Waals surface area (Å²) in [5.41, 5.74) is 5.31. The number of fused-ring (bicyclic) bond motifs is 3. The van der Waals surface area contributed by atoms with Crippen LogP contribution in [0.5, 0.6) is 0 Å². The van der Waals surface area contributed by atoms with Crippen molar-refractivity contribution >= 4 is 11.6 Å². The maximum atomic E-state index is 4.87. The molecule has 0 unspecified atom stereocenters. The monoisotopic (exact) mass is 880 g/mol. The zero-order chi connectivity index (χ0) is 44.5. The van der Waals surface area contributed by atoms with Crippen LogP contribution in [0.15, 0.2) is 43.5 Å². The molecule has 4 fully saturated rings. The van der Waals surface area contributed by atoms with Gasteiger partial charge in [-0.2, -0.15) is 0 Å². The molecule has 11 rings (SSSR count). The van der Waals surface area contributed by atoms with Gasteiger partial charge in [0.05, 0.1) is 24.7 Å². The Balaban J connectivity index is 0.000000123. The van der Waals surface area contributed by atoms with Crippen molar-refractivity contribution in [2.45, 2.75) is 187 Å². The van der Waals surface area contributed by atoms with Crippen LogP contribution in [-0.2, 0) is 26.2 Å². The molecule has 2 N–H and O–H groups in total. The first-order valence-corrected chi connectivity index (χ1v) is 25.1. The summed E-state index contributed by atoms with van der Waals surface area (Å²) >= 11 is 0. The molecule has 4 saturated carbocycles. The number of anilines is 2. The highest BCUT2D eigenvalue weighted by Crippen LogP contribution is 2.44. The molecule has 0 atom stereocenters. The van der Waals surface area contributed by atoms with Gasteiger partial charge < -0.3 is 24.3 Å². The zero-order valence-corrected chi connectivity index (χ0v) is 39.2. The Morgan fingerprint density at radius 3 is 1.46 bits per heavy atom. The summed E-state index contributed by atoms with van der Waals surface area (Å²) in [6, 6.07) is 3.99. The van der Waals surface area contributed by atoms with E-state index in [9.17, 15) is 0 Å². The molecule has 65 heavy (non-hydrogen) atoms. The predicted molar refractivity (Wildman–Crippen MR) is 256 cm³/mol. The van der Waals surface area contributed by atoms with E-state index in [1.54, 1.807) is 12.4 Å². The van der Waals surface area contributed by atoms with E-state index in [2.05, 4.69) is 67.0 Å². The number of unbranched alkanes of at least 4 members (excludes halogenated alkanes) is 3. The van der Waals surface area contributed by atoms with Crippen molar-refractivity contribution in [3.63, 3.8) is 0 Å². The minimum absolute atomic E-state index is 0.547. The van der Waals surface area contributed by atoms with Crippen molar-refractivity contribution in [1.82, 2.24) is 63.5 Å². The first-order chi connectivity index (χ1) is 32.0. The highest BCUT2D eigenvalue weighted by Gasteiger charge is 2.34. The van der Waals surface area contributed by atoms with Crippen LogP contribution in [0.4, 0.5) is 11.6 Å². The molecule has 1 aromatic rings. The average molecular weight is 880 g/mol. The third kappa shape index (κ3) is 10.9. The van der Waals surface area contributed by atoms with Crippen LogP contribution in [0.2, 0.25) is 0 Å². The van der Waals surface area contributed by atoms with E-state index in [4.69, 9.17) is 34.9 Å². The number of imidazole rings is 3. The van der Waals surface area contributed by atoms with Gasteiger partial charge in [0.25, 0.3) is 0 Å². The van der Waals surface area contributed by atoms with Gasteiger partial charge in [-0.3, -0.25) is 4.98 Å². The minimum atomic E-state index is 0.547. The molecule has 6 aliphatic heterocycles. The summed E-state index contributed by atoms with van der Waals surface area (Å²) in [4.78, 5) is 46.8. The Bertz CT molecular complexity index is 2450. The molecule has 0 radical (unpaired) electrons. The van der Waals surface area contributed by atoms with E-state index in [1.165, 1.54) is 101 Å². The van der Waals surface area contributed by atoms with Gasteiger partial charge in [0.1, 0.15) is 23.2 Å². The molecule has 15 nitrogen and oxygen atoms in total. The lowest BCUT2D eigenvalue weighted by molar-refractivity contribution is 0.632. The SMILES string of the molecule is CCCCCCNc1ncn(CCC)c2nc(C3CC3)nc1-2.CCCn1cnc(C2CCCC2)c2nc(C3CC3)nc1-2.CCCn1cnc(NCc2ccncc2)c2nc(C3CC3)nc1-2. The summed E-state index contributed by atoms with van der Waals surface area (Å²) in [7, 11) is 0. The Morgan fingerprint density at radius 1 is 0.492 bits per heavy atom. The van der Waals surface area contributed by atoms with Crippen molar-refractivity contribution in [2.75, 3.05) is 17.2 Å². The quantitative estimate of drug-likeness (QED) is 0.0739. The van der Waals surface area contributed by atoms with Crippen molar-refractivity contribution in [3.05, 3.63) is 72.2 Å². The van der Waals surface area contributed by atoms with Gasteiger partial charge in [-0.05, 0) is 94.7 Å². The van der Waals surface area contributed by atoms with Crippen molar-refractivity contribution in [1.29, 1.82) is 0 Å². The van der Waals surface area contributed by atoms with Crippen LogP contribution in [-0.4, -0.2) is 70.1 Å². The van der Waals surface area contributed by atoms with E-state index in [-0.39, 0.29) is 0 Å². The highest BCUT2D eigenvalue weighted by molar-refractivity contribution is 5.68. The van der Waals surface area contributed by atoms with E-state index in [0.29, 0.717) is 30.2 Å². The summed E-state index contributed by atoms with van der Waals surface area (Å²) in [5.74, 6) is 10.1. The van der Waals surface area contributed by atoms with Crippen LogP contribution < -0.4 is 10.6 Å². The highest BCUT2D eigenvalue weighted by atomic mass is 15.2. The zero-order valence-electron chi connectivity index (χ0n) is 39.2. The van der Waals surface area contributed by atoms with Crippen molar-refractivity contribution in [3.8, 4) is 34.6 Å². The fraction of sp³-hybridized carbons (Fsp3) is 0.600. The van der Waals surface area contributed by atoms with Crippen LogP contribution in [0.1, 0.15) is 189 Å². The standard InChI is InChI=1S/C17H20N6.C17H27N5.C16H22N4/c1-2-9-23-11-20-16(19-10-12-5-7-18-8-6-12)14-17(23)22-15(21-14)13-3-4-13;1-3-5-6-7-10-18-16-14-17(22(11-4-2)12-19-16)21-15(20-14)13-8-9-13;1-2-9-20-10-17-13(11-5-3-4-6-11)14-16(20)19-15(18-14)12-7-8-12/h5-8,11,13,19H,2-4,9-10H2,1H3;12-13,18H,3-11H2,1-2H3;10-12H,2-9H2,1H3. The molecule has 4 aliphatic carbocycles. The van der Waals surface area contributed by atoms with E-state index < -0.39 is 0 Å². The second-order valence-electron chi connectivity index (χ2n) is 18.7. The molecule has 7 heterocycles. The molecule has 1 aromatic heterocycles. The summed E-state index contributed by atoms with van der Waals surface area (Å²) in [5, 5.41) is 6.85. The van der Waals surface area contributed by atoms with E-state index >= 15 is 0 Å². The Kier molecular flexibility index (Phi) is 14.5. The Morgan fingerprint density at radius 2 is 0.969 bits per heavy atom. The second-order valence-corrected chi connectivity index (χ2v) is 18.7. The third-order valence-corrected chi connectivity index (χ3v) is 13.0. The first-order valence-electron chi connectivity index (χ1n) is 25.1. The lowest BCUT2D eigenvalue weighted by Crippen LogP contribution is -2.11. The number of nitrogens with zero attached hydrogens (tertiary/aromatic N) is 13. The molecular formula is C50H69N15. The summed E-state index contributed by atoms with van der Waals surface area (Å²) in [6.45, 7) is 13.3. The van der Waals surface area contributed by atoms with Gasteiger partial charge >= 0.3 is 0 Å². The lowest BCUT2D eigenvalue weighted by Gasteiger charge is -2.15. The second kappa shape index (κ2) is 21.1. The third-order valence-electron chi connectivity index (χ3n) is 13.0. The number of aromatic nitrogens is 13. The van der Waals surface area contributed by atoms with Crippen LogP contribution in [0.25, 0.3) is 34.6 Å². The molecule has 10 aliphatic rings. The van der Waals surface area contributed by atoms with E-state index in [1.807, 2.05) is 31.1 Å². The molecule has 15 heteroatoms. The number of aryl methyl sites for hydroxylation is 3. The molecule has 0 spiro atoms. The van der Waals surface area contributed by atoms with Crippen LogP contribution >= 0.6 is 0 Å². The maximum Gasteiger partial charge on any atom is 0.165 e. The Labute approximate surface area is 384 Å². The van der Waals surface area contributed by atoms with Crippen LogP contribution in [0.3, 0.4) is 0 Å². The number of hydrogen-bond donors (Lipinski definition) is 2. The van der Waals surface area contributed by atoms with Gasteiger partial charge in [0.2, 0.25) is 0 Å². The number of hydrogen-bond acceptors (Lipinski definition) is 12. The molecule has 0 saturated heterocycles. The fourth-order valence-electron chi connectivity index (χ4n) is 8.87. The molecule has 0 aromatic carbocycles. The predicted octanol–water partition coefficient (Wildman–Crippen LogP) is 10.9. The van der Waals surface area contributed by atoms with Gasteiger partial charge in [-0.15, -0.1) is 0 Å². The number of nitrogens with one attached hydrogen (secondary N) is 2.